The average Bonchev–Trinajstić information content (AvgIpc) is 3.31. The van der Waals surface area contributed by atoms with Crippen LogP contribution in [0.3, 0.4) is 0 Å². The van der Waals surface area contributed by atoms with Gasteiger partial charge in [-0.25, -0.2) is 4.79 Å². The first kappa shape index (κ1) is 24.3. The highest BCUT2D eigenvalue weighted by Gasteiger charge is 2.91. The monoisotopic (exact) mass is 528 g/mol. The molecule has 2 saturated carbocycles. The zero-order valence-electron chi connectivity index (χ0n) is 22.1. The molecule has 7 rings (SSSR count). The first-order valence-electron chi connectivity index (χ1n) is 13.3. The molecule has 4 saturated heterocycles. The zero-order chi connectivity index (χ0) is 27.0. The molecule has 5 heterocycles. The van der Waals surface area contributed by atoms with E-state index in [0.29, 0.717) is 18.4 Å². The molecule has 0 aromatic carbocycles. The van der Waals surface area contributed by atoms with Crippen LogP contribution in [0.2, 0.25) is 0 Å². The summed E-state index contributed by atoms with van der Waals surface area (Å²) in [6.07, 6.45) is 0.994. The Kier molecular flexibility index (Phi) is 4.53. The minimum absolute atomic E-state index is 0.0434. The number of furan rings is 1. The fourth-order valence-corrected chi connectivity index (χ4v) is 9.78. The number of cyclic esters (lactones) is 2. The Morgan fingerprint density at radius 3 is 2.53 bits per heavy atom. The van der Waals surface area contributed by atoms with Crippen LogP contribution in [0.15, 0.2) is 23.0 Å². The predicted octanol–water partition coefficient (Wildman–Crippen LogP) is 2.68. The molecule has 6 aliphatic rings. The lowest BCUT2D eigenvalue weighted by molar-refractivity contribution is -0.240. The summed E-state index contributed by atoms with van der Waals surface area (Å²) in [4.78, 5) is 53.0. The molecule has 10 atom stereocenters. The van der Waals surface area contributed by atoms with Crippen LogP contribution in [0.5, 0.6) is 0 Å². The Balaban J connectivity index is 1.45. The van der Waals surface area contributed by atoms with Crippen molar-refractivity contribution >= 4 is 23.7 Å². The third-order valence-corrected chi connectivity index (χ3v) is 11.0. The summed E-state index contributed by atoms with van der Waals surface area (Å²) in [7, 11) is 0. The number of esters is 3. The van der Waals surface area contributed by atoms with Crippen LogP contribution >= 0.6 is 0 Å². The van der Waals surface area contributed by atoms with Crippen molar-refractivity contribution in [1.29, 1.82) is 0 Å². The number of ketones is 1. The molecule has 6 fully saturated rings. The van der Waals surface area contributed by atoms with Gasteiger partial charge < -0.3 is 28.1 Å². The number of fused-ring (bicyclic) bond motifs is 1. The smallest absolute Gasteiger partial charge is 0.339 e. The van der Waals surface area contributed by atoms with Crippen LogP contribution < -0.4 is 0 Å². The molecule has 0 amide bonds. The number of hydrogen-bond acceptors (Lipinski definition) is 10. The molecule has 38 heavy (non-hydrogen) atoms. The van der Waals surface area contributed by atoms with Gasteiger partial charge in [0.1, 0.15) is 18.3 Å². The molecular formula is C28H32O10. The van der Waals surface area contributed by atoms with Gasteiger partial charge in [-0.05, 0) is 45.6 Å². The lowest BCUT2D eigenvalue weighted by Crippen LogP contribution is -2.76. The van der Waals surface area contributed by atoms with Gasteiger partial charge in [-0.15, -0.1) is 0 Å². The summed E-state index contributed by atoms with van der Waals surface area (Å²) in [6.45, 7) is 8.93. The van der Waals surface area contributed by atoms with E-state index in [9.17, 15) is 19.2 Å². The SMILES string of the molecule is CC(=O)O[C@@H]1C(=O)[C@]2(C)[C@H](CC[C@]3(C)[C@H](c4ccoc4)OC(=O)[C@@H]4O[C@]432)[C@]23COC(=O)C[C@@H]2OC(C)(C)[C@@H]13. The number of hydrogen-bond donors (Lipinski definition) is 0. The van der Waals surface area contributed by atoms with Gasteiger partial charge in [-0.3, -0.25) is 14.4 Å². The van der Waals surface area contributed by atoms with E-state index >= 15 is 0 Å². The molecule has 10 nitrogen and oxygen atoms in total. The van der Waals surface area contributed by atoms with Crippen molar-refractivity contribution in [2.75, 3.05) is 6.61 Å². The van der Waals surface area contributed by atoms with Crippen molar-refractivity contribution in [2.24, 2.45) is 28.1 Å². The Labute approximate surface area is 219 Å². The summed E-state index contributed by atoms with van der Waals surface area (Å²) >= 11 is 0. The molecule has 1 aromatic rings. The summed E-state index contributed by atoms with van der Waals surface area (Å²) in [5.41, 5.74) is -4.21. The van der Waals surface area contributed by atoms with Crippen molar-refractivity contribution in [1.82, 2.24) is 0 Å². The van der Waals surface area contributed by atoms with E-state index in [1.165, 1.54) is 13.2 Å². The van der Waals surface area contributed by atoms with Gasteiger partial charge >= 0.3 is 17.9 Å². The maximum Gasteiger partial charge on any atom is 0.339 e. The molecule has 10 heteroatoms. The lowest BCUT2D eigenvalue weighted by Gasteiger charge is -2.65. The highest BCUT2D eigenvalue weighted by Crippen LogP contribution is 2.79. The van der Waals surface area contributed by atoms with Gasteiger partial charge in [0, 0.05) is 29.2 Å². The van der Waals surface area contributed by atoms with Crippen LogP contribution in [-0.4, -0.2) is 59.8 Å². The van der Waals surface area contributed by atoms with Crippen molar-refractivity contribution in [3.05, 3.63) is 24.2 Å². The van der Waals surface area contributed by atoms with E-state index in [0.717, 1.165) is 0 Å². The topological polar surface area (TPSA) is 131 Å². The van der Waals surface area contributed by atoms with E-state index in [1.807, 2.05) is 27.7 Å². The number of carbonyl (C=O) groups excluding carboxylic acids is 4. The molecule has 0 N–H and O–H groups in total. The minimum Gasteiger partial charge on any atom is -0.472 e. The summed E-state index contributed by atoms with van der Waals surface area (Å²) in [5, 5.41) is 0. The minimum atomic E-state index is -1.26. The predicted molar refractivity (Wildman–Crippen MR) is 125 cm³/mol. The van der Waals surface area contributed by atoms with Gasteiger partial charge in [-0.1, -0.05) is 6.92 Å². The molecule has 1 aromatic heterocycles. The fourth-order valence-electron chi connectivity index (χ4n) is 9.78. The molecule has 204 valence electrons. The third-order valence-electron chi connectivity index (χ3n) is 11.0. The average molecular weight is 529 g/mol. The third kappa shape index (κ3) is 2.48. The second-order valence-corrected chi connectivity index (χ2v) is 12.9. The van der Waals surface area contributed by atoms with E-state index in [4.69, 9.17) is 28.1 Å². The highest BCUT2D eigenvalue weighted by molar-refractivity contribution is 5.97. The fraction of sp³-hybridized carbons (Fsp3) is 0.714. The summed E-state index contributed by atoms with van der Waals surface area (Å²) < 4.78 is 35.7. The first-order valence-corrected chi connectivity index (χ1v) is 13.3. The van der Waals surface area contributed by atoms with Crippen molar-refractivity contribution in [2.45, 2.75) is 89.5 Å². The quantitative estimate of drug-likeness (QED) is 0.321. The number of Topliss-reactive ketones (excluding diaryl/α,β-unsaturated/α-hetero) is 1. The highest BCUT2D eigenvalue weighted by atomic mass is 16.7. The van der Waals surface area contributed by atoms with Gasteiger partial charge in [-0.2, -0.15) is 0 Å². The van der Waals surface area contributed by atoms with Gasteiger partial charge in [0.2, 0.25) is 0 Å². The number of epoxide rings is 1. The van der Waals surface area contributed by atoms with Gasteiger partial charge in [0.05, 0.1) is 36.1 Å². The zero-order valence-corrected chi connectivity index (χ0v) is 22.1. The summed E-state index contributed by atoms with van der Waals surface area (Å²) in [6, 6.07) is 1.76. The second-order valence-electron chi connectivity index (χ2n) is 12.9. The molecule has 2 aliphatic carbocycles. The van der Waals surface area contributed by atoms with E-state index in [1.54, 1.807) is 12.3 Å². The normalized spacial score (nSPS) is 49.9. The molecule has 0 bridgehead atoms. The van der Waals surface area contributed by atoms with E-state index in [-0.39, 0.29) is 30.7 Å². The number of rotatable bonds is 2. The Morgan fingerprint density at radius 1 is 1.08 bits per heavy atom. The lowest BCUT2D eigenvalue weighted by atomic mass is 9.36. The van der Waals surface area contributed by atoms with Crippen LogP contribution in [-0.2, 0) is 42.9 Å². The Bertz CT molecular complexity index is 1270. The van der Waals surface area contributed by atoms with Gasteiger partial charge in [0.25, 0.3) is 0 Å². The molecule has 2 spiro atoms. The molecule has 4 aliphatic heterocycles. The van der Waals surface area contributed by atoms with E-state index in [2.05, 4.69) is 0 Å². The van der Waals surface area contributed by atoms with Crippen molar-refractivity contribution < 1.29 is 47.3 Å². The molecule has 0 radical (unpaired) electrons. The molecule has 0 unspecified atom stereocenters. The Hall–Kier alpha value is -2.72. The summed E-state index contributed by atoms with van der Waals surface area (Å²) in [5.74, 6) is -2.65. The maximum atomic E-state index is 14.8. The number of carbonyl (C=O) groups is 4. The standard InChI is InChI=1S/C28H32O10/c1-13(29)35-18-19-24(2,3)37-16-10-17(30)34-12-27(16,19)15-6-8-25(4)21(14-7-9-33-11-14)36-23(32)22-28(25,38-22)26(15,5)20(18)31/h7,9,11,15-16,18-19,21-22H,6,8,10,12H2,1-5H3/t15-,16-,18-,19+,21-,22-,25+,26-,27+,28+/m0/s1. The molecular weight excluding hydrogens is 496 g/mol. The van der Waals surface area contributed by atoms with Crippen LogP contribution in [0.1, 0.15) is 65.5 Å². The largest absolute Gasteiger partial charge is 0.472 e. The number of ether oxygens (including phenoxy) is 5. The second kappa shape index (κ2) is 7.07. The van der Waals surface area contributed by atoms with Crippen LogP contribution in [0.25, 0.3) is 0 Å². The van der Waals surface area contributed by atoms with E-state index < -0.39 is 69.7 Å². The van der Waals surface area contributed by atoms with Crippen LogP contribution in [0, 0.1) is 28.1 Å². The van der Waals surface area contributed by atoms with Crippen molar-refractivity contribution in [3.63, 3.8) is 0 Å². The van der Waals surface area contributed by atoms with Crippen molar-refractivity contribution in [3.8, 4) is 0 Å². The first-order chi connectivity index (χ1) is 17.8. The van der Waals surface area contributed by atoms with Crippen LogP contribution in [0.4, 0.5) is 0 Å². The van der Waals surface area contributed by atoms with Gasteiger partial charge in [0.15, 0.2) is 18.0 Å². The maximum absolute atomic E-state index is 14.8. The Morgan fingerprint density at radius 2 is 1.84 bits per heavy atom.